The highest BCUT2D eigenvalue weighted by Gasteiger charge is 2.33. The average Bonchev–Trinajstić information content (AvgIpc) is 2.93. The number of piperazine rings is 1. The summed E-state index contributed by atoms with van der Waals surface area (Å²) in [5.74, 6) is -0.109. The normalized spacial score (nSPS) is 17.7. The zero-order valence-electron chi connectivity index (χ0n) is 15.3. The van der Waals surface area contributed by atoms with E-state index in [0.717, 1.165) is 22.6 Å². The molecule has 138 valence electrons. The summed E-state index contributed by atoms with van der Waals surface area (Å²) in [6.07, 6.45) is 0.921. The lowest BCUT2D eigenvalue weighted by atomic mass is 10.1. The minimum atomic E-state index is -0.0921. The molecule has 0 aliphatic carbocycles. The van der Waals surface area contributed by atoms with E-state index in [2.05, 4.69) is 10.2 Å². The maximum absolute atomic E-state index is 12.6. The van der Waals surface area contributed by atoms with Gasteiger partial charge in [0.1, 0.15) is 6.54 Å². The van der Waals surface area contributed by atoms with Gasteiger partial charge < -0.3 is 9.80 Å². The number of carbonyl (C=O) groups excluding carboxylic acids is 2. The van der Waals surface area contributed by atoms with Crippen LogP contribution in [0.3, 0.4) is 0 Å². The van der Waals surface area contributed by atoms with Crippen molar-refractivity contribution in [2.45, 2.75) is 39.7 Å². The van der Waals surface area contributed by atoms with E-state index < -0.39 is 0 Å². The van der Waals surface area contributed by atoms with Crippen LogP contribution in [-0.2, 0) is 16.0 Å². The number of hydrogen-bond acceptors (Lipinski definition) is 3. The Kier molecular flexibility index (Phi) is 5.32. The van der Waals surface area contributed by atoms with E-state index in [-0.39, 0.29) is 24.4 Å². The Morgan fingerprint density at radius 1 is 1.38 bits per heavy atom. The van der Waals surface area contributed by atoms with Crippen molar-refractivity contribution in [2.24, 2.45) is 0 Å². The first-order chi connectivity index (χ1) is 12.4. The van der Waals surface area contributed by atoms with Crippen LogP contribution in [0.15, 0.2) is 24.3 Å². The van der Waals surface area contributed by atoms with Gasteiger partial charge >= 0.3 is 0 Å². The van der Waals surface area contributed by atoms with Crippen LogP contribution in [0.25, 0.3) is 0 Å². The number of aryl methyl sites for hydroxylation is 2. The zero-order valence-corrected chi connectivity index (χ0v) is 16.0. The van der Waals surface area contributed by atoms with Gasteiger partial charge in [-0.15, -0.1) is 0 Å². The first-order valence-corrected chi connectivity index (χ1v) is 9.10. The average molecular weight is 375 g/mol. The van der Waals surface area contributed by atoms with Crippen molar-refractivity contribution < 1.29 is 9.59 Å². The van der Waals surface area contributed by atoms with Gasteiger partial charge in [-0.2, -0.15) is 5.10 Å². The third-order valence-electron chi connectivity index (χ3n) is 4.96. The fraction of sp³-hybridized carbons (Fsp3) is 0.421. The lowest BCUT2D eigenvalue weighted by molar-refractivity contribution is -0.139. The minimum Gasteiger partial charge on any atom is -0.329 e. The van der Waals surface area contributed by atoms with Crippen LogP contribution in [0.1, 0.15) is 30.3 Å². The number of halogens is 1. The number of carbonyl (C=O) groups is 2. The highest BCUT2D eigenvalue weighted by Crippen LogP contribution is 2.24. The second-order valence-electron chi connectivity index (χ2n) is 6.78. The highest BCUT2D eigenvalue weighted by atomic mass is 35.5. The number of aromatic nitrogens is 2. The number of anilines is 1. The molecule has 3 rings (SSSR count). The molecule has 0 radical (unpaired) electrons. The molecule has 2 heterocycles. The summed E-state index contributed by atoms with van der Waals surface area (Å²) in [4.78, 5) is 28.6. The predicted molar refractivity (Wildman–Crippen MR) is 101 cm³/mol. The van der Waals surface area contributed by atoms with E-state index in [1.807, 2.05) is 32.9 Å². The Bertz CT molecular complexity index is 833. The van der Waals surface area contributed by atoms with Crippen LogP contribution in [0.2, 0.25) is 5.02 Å². The van der Waals surface area contributed by atoms with Gasteiger partial charge in [0.15, 0.2) is 0 Å². The second kappa shape index (κ2) is 7.50. The van der Waals surface area contributed by atoms with Gasteiger partial charge in [-0.05, 0) is 44.5 Å². The van der Waals surface area contributed by atoms with Crippen molar-refractivity contribution in [1.29, 1.82) is 0 Å². The van der Waals surface area contributed by atoms with Crippen LogP contribution < -0.4 is 4.90 Å². The van der Waals surface area contributed by atoms with Crippen molar-refractivity contribution in [3.63, 3.8) is 0 Å². The summed E-state index contributed by atoms with van der Waals surface area (Å²) in [6.45, 7) is 6.47. The molecule has 1 saturated heterocycles. The van der Waals surface area contributed by atoms with Crippen molar-refractivity contribution >= 4 is 29.1 Å². The molecule has 26 heavy (non-hydrogen) atoms. The summed E-state index contributed by atoms with van der Waals surface area (Å²) >= 11 is 6.03. The van der Waals surface area contributed by atoms with Crippen LogP contribution in [0, 0.1) is 13.8 Å². The summed E-state index contributed by atoms with van der Waals surface area (Å²) < 4.78 is 0. The largest absolute Gasteiger partial charge is 0.329 e. The van der Waals surface area contributed by atoms with E-state index in [9.17, 15) is 9.59 Å². The number of nitrogens with one attached hydrogen (secondary N) is 1. The molecule has 1 aromatic carbocycles. The molecule has 1 atom stereocenters. The molecule has 1 aromatic heterocycles. The molecule has 1 aliphatic heterocycles. The lowest BCUT2D eigenvalue weighted by Crippen LogP contribution is -2.57. The third-order valence-corrected chi connectivity index (χ3v) is 5.19. The molecule has 1 N–H and O–H groups in total. The number of benzene rings is 1. The van der Waals surface area contributed by atoms with Gasteiger partial charge in [0, 0.05) is 41.8 Å². The topological polar surface area (TPSA) is 69.3 Å². The van der Waals surface area contributed by atoms with Crippen molar-refractivity contribution in [1.82, 2.24) is 15.1 Å². The monoisotopic (exact) mass is 374 g/mol. The molecular formula is C19H23ClN4O2. The predicted octanol–water partition coefficient (Wildman–Crippen LogP) is 2.88. The molecule has 0 bridgehead atoms. The molecule has 0 saturated carbocycles. The summed E-state index contributed by atoms with van der Waals surface area (Å²) in [5, 5.41) is 7.77. The molecule has 2 aromatic rings. The maximum Gasteiger partial charge on any atom is 0.246 e. The smallest absolute Gasteiger partial charge is 0.246 e. The number of amides is 2. The molecule has 7 heteroatoms. The van der Waals surface area contributed by atoms with E-state index in [0.29, 0.717) is 24.4 Å². The first-order valence-electron chi connectivity index (χ1n) is 8.72. The van der Waals surface area contributed by atoms with Crippen molar-refractivity contribution in [3.05, 3.63) is 46.2 Å². The molecule has 6 nitrogen and oxygen atoms in total. The molecule has 0 spiro atoms. The number of aromatic amines is 1. The molecule has 1 fully saturated rings. The third kappa shape index (κ3) is 3.75. The SMILES string of the molecule is Cc1[nH]nc(CCC(=O)N2CC(=O)N(c3cccc(Cl)c3)C[C@H]2C)c1C. The van der Waals surface area contributed by atoms with Gasteiger partial charge in [0.25, 0.3) is 0 Å². The minimum absolute atomic E-state index is 0.0170. The van der Waals surface area contributed by atoms with E-state index in [1.165, 1.54) is 0 Å². The molecule has 0 unspecified atom stereocenters. The Labute approximate surface area is 158 Å². The van der Waals surface area contributed by atoms with E-state index in [1.54, 1.807) is 21.9 Å². The van der Waals surface area contributed by atoms with Gasteiger partial charge in [-0.1, -0.05) is 17.7 Å². The van der Waals surface area contributed by atoms with E-state index >= 15 is 0 Å². The van der Waals surface area contributed by atoms with Gasteiger partial charge in [0.05, 0.1) is 5.69 Å². The lowest BCUT2D eigenvalue weighted by Gasteiger charge is -2.39. The van der Waals surface area contributed by atoms with Gasteiger partial charge in [0.2, 0.25) is 11.8 Å². The molecule has 1 aliphatic rings. The van der Waals surface area contributed by atoms with Crippen molar-refractivity contribution in [3.8, 4) is 0 Å². The molecular weight excluding hydrogens is 352 g/mol. The Hall–Kier alpha value is -2.34. The highest BCUT2D eigenvalue weighted by molar-refractivity contribution is 6.30. The molecule has 2 amide bonds. The van der Waals surface area contributed by atoms with Crippen molar-refractivity contribution in [2.75, 3.05) is 18.0 Å². The summed E-state index contributed by atoms with van der Waals surface area (Å²) in [7, 11) is 0. The maximum atomic E-state index is 12.6. The van der Waals surface area contributed by atoms with Crippen LogP contribution in [0.4, 0.5) is 5.69 Å². The number of nitrogens with zero attached hydrogens (tertiary/aromatic N) is 3. The van der Waals surface area contributed by atoms with Crippen LogP contribution in [-0.4, -0.2) is 46.0 Å². The fourth-order valence-corrected chi connectivity index (χ4v) is 3.41. The zero-order chi connectivity index (χ0) is 18.8. The van der Waals surface area contributed by atoms with Crippen LogP contribution in [0.5, 0.6) is 0 Å². The van der Waals surface area contributed by atoms with Gasteiger partial charge in [-0.25, -0.2) is 0 Å². The summed E-state index contributed by atoms with van der Waals surface area (Å²) in [5.41, 5.74) is 3.79. The quantitative estimate of drug-likeness (QED) is 0.894. The first kappa shape index (κ1) is 18.5. The fourth-order valence-electron chi connectivity index (χ4n) is 3.23. The van der Waals surface area contributed by atoms with Crippen LogP contribution >= 0.6 is 11.6 Å². The Balaban J connectivity index is 1.64. The summed E-state index contributed by atoms with van der Waals surface area (Å²) in [6, 6.07) is 7.17. The number of hydrogen-bond donors (Lipinski definition) is 1. The Morgan fingerprint density at radius 3 is 2.81 bits per heavy atom. The second-order valence-corrected chi connectivity index (χ2v) is 7.21. The standard InChI is InChI=1S/C19H23ClN4O2/c1-12-10-24(16-6-4-5-15(20)9-16)19(26)11-23(12)18(25)8-7-17-13(2)14(3)21-22-17/h4-6,9,12H,7-8,10-11H2,1-3H3,(H,21,22)/t12-/m1/s1. The number of H-pyrrole nitrogens is 1. The van der Waals surface area contributed by atoms with Gasteiger partial charge in [-0.3, -0.25) is 14.7 Å². The number of rotatable bonds is 4. The Morgan fingerprint density at radius 2 is 2.15 bits per heavy atom. The van der Waals surface area contributed by atoms with E-state index in [4.69, 9.17) is 11.6 Å².